The zero-order valence-corrected chi connectivity index (χ0v) is 13.5. The Bertz CT molecular complexity index is 402. The Morgan fingerprint density at radius 3 is 2.67 bits per heavy atom. The normalized spacial score (nSPS) is 36.6. The molecule has 1 saturated heterocycles. The van der Waals surface area contributed by atoms with Crippen molar-refractivity contribution >= 4 is 5.91 Å². The summed E-state index contributed by atoms with van der Waals surface area (Å²) in [5, 5.41) is 3.31. The lowest BCUT2D eigenvalue weighted by Gasteiger charge is -2.54. The summed E-state index contributed by atoms with van der Waals surface area (Å²) in [6, 6.07) is 0.274. The van der Waals surface area contributed by atoms with E-state index in [4.69, 9.17) is 10.5 Å². The number of fused-ring (bicyclic) bond motifs is 1. The van der Waals surface area contributed by atoms with E-state index in [0.29, 0.717) is 25.0 Å². The van der Waals surface area contributed by atoms with Crippen LogP contribution in [0.3, 0.4) is 0 Å². The van der Waals surface area contributed by atoms with E-state index < -0.39 is 0 Å². The molecule has 3 rings (SSSR count). The Labute approximate surface area is 128 Å². The second-order valence-electron chi connectivity index (χ2n) is 8.05. The summed E-state index contributed by atoms with van der Waals surface area (Å²) in [7, 11) is 0. The molecule has 0 radical (unpaired) electrons. The standard InChI is InChI=1S/C17H30N2O2/c1-16(2)14(12-6-9-21-15(12)16)19-13(20)10-17(11-18)7-4-3-5-8-17/h12,14-15H,3-11,18H2,1-2H3,(H,19,20). The summed E-state index contributed by atoms with van der Waals surface area (Å²) < 4.78 is 5.80. The summed E-state index contributed by atoms with van der Waals surface area (Å²) in [5.74, 6) is 0.718. The molecule has 2 saturated carbocycles. The maximum Gasteiger partial charge on any atom is 0.220 e. The van der Waals surface area contributed by atoms with Crippen LogP contribution < -0.4 is 11.1 Å². The smallest absolute Gasteiger partial charge is 0.220 e. The first-order valence-corrected chi connectivity index (χ1v) is 8.60. The molecule has 3 aliphatic rings. The van der Waals surface area contributed by atoms with E-state index in [0.717, 1.165) is 25.9 Å². The number of nitrogens with two attached hydrogens (primary N) is 1. The fourth-order valence-electron chi connectivity index (χ4n) is 4.94. The first-order chi connectivity index (χ1) is 9.98. The maximum atomic E-state index is 12.5. The quantitative estimate of drug-likeness (QED) is 0.835. The van der Waals surface area contributed by atoms with Gasteiger partial charge in [-0.1, -0.05) is 33.1 Å². The number of amides is 1. The van der Waals surface area contributed by atoms with Gasteiger partial charge in [0.05, 0.1) is 6.10 Å². The molecule has 21 heavy (non-hydrogen) atoms. The lowest BCUT2D eigenvalue weighted by molar-refractivity contribution is -0.140. The van der Waals surface area contributed by atoms with Gasteiger partial charge in [-0.05, 0) is 31.2 Å². The average molecular weight is 294 g/mol. The van der Waals surface area contributed by atoms with E-state index in [1.807, 2.05) is 0 Å². The van der Waals surface area contributed by atoms with E-state index >= 15 is 0 Å². The summed E-state index contributed by atoms with van der Waals surface area (Å²) in [5.41, 5.74) is 6.13. The number of hydrogen-bond donors (Lipinski definition) is 2. The van der Waals surface area contributed by atoms with Gasteiger partial charge in [0.15, 0.2) is 0 Å². The largest absolute Gasteiger partial charge is 0.377 e. The number of ether oxygens (including phenoxy) is 1. The van der Waals surface area contributed by atoms with E-state index in [2.05, 4.69) is 19.2 Å². The van der Waals surface area contributed by atoms with Crippen LogP contribution in [0.2, 0.25) is 0 Å². The van der Waals surface area contributed by atoms with Crippen molar-refractivity contribution in [3.05, 3.63) is 0 Å². The third-order valence-electron chi connectivity index (χ3n) is 6.30. The molecule has 4 heteroatoms. The van der Waals surface area contributed by atoms with Gasteiger partial charge in [-0.15, -0.1) is 0 Å². The van der Waals surface area contributed by atoms with Crippen molar-refractivity contribution in [2.45, 2.75) is 70.9 Å². The van der Waals surface area contributed by atoms with Crippen molar-refractivity contribution in [3.63, 3.8) is 0 Å². The van der Waals surface area contributed by atoms with Gasteiger partial charge in [-0.25, -0.2) is 0 Å². The minimum absolute atomic E-state index is 0.0573. The average Bonchev–Trinajstić information content (AvgIpc) is 2.93. The Hall–Kier alpha value is -0.610. The summed E-state index contributed by atoms with van der Waals surface area (Å²) in [6.07, 6.45) is 7.98. The lowest BCUT2D eigenvalue weighted by Crippen LogP contribution is -2.67. The Balaban J connectivity index is 1.59. The highest BCUT2D eigenvalue weighted by molar-refractivity contribution is 5.77. The summed E-state index contributed by atoms with van der Waals surface area (Å²) in [6.45, 7) is 5.91. The highest BCUT2D eigenvalue weighted by atomic mass is 16.5. The predicted molar refractivity (Wildman–Crippen MR) is 82.7 cm³/mol. The molecule has 0 aromatic carbocycles. The predicted octanol–water partition coefficient (Wildman–Crippen LogP) is 2.22. The molecule has 0 aromatic heterocycles. The fourth-order valence-corrected chi connectivity index (χ4v) is 4.94. The highest BCUT2D eigenvalue weighted by Crippen LogP contribution is 2.52. The number of hydrogen-bond acceptors (Lipinski definition) is 3. The van der Waals surface area contributed by atoms with E-state index in [-0.39, 0.29) is 22.8 Å². The molecule has 0 bridgehead atoms. The molecule has 3 unspecified atom stereocenters. The summed E-state index contributed by atoms with van der Waals surface area (Å²) >= 11 is 0. The van der Waals surface area contributed by atoms with E-state index in [9.17, 15) is 4.79 Å². The molecule has 0 spiro atoms. The Kier molecular flexibility index (Phi) is 4.04. The molecule has 2 aliphatic carbocycles. The lowest BCUT2D eigenvalue weighted by atomic mass is 9.57. The van der Waals surface area contributed by atoms with Crippen LogP contribution in [0.15, 0.2) is 0 Å². The fraction of sp³-hybridized carbons (Fsp3) is 0.941. The van der Waals surface area contributed by atoms with Crippen molar-refractivity contribution in [2.75, 3.05) is 13.2 Å². The van der Waals surface area contributed by atoms with Gasteiger partial charge < -0.3 is 15.8 Å². The molecule has 0 aromatic rings. The minimum atomic E-state index is 0.0573. The van der Waals surface area contributed by atoms with Crippen molar-refractivity contribution in [1.29, 1.82) is 0 Å². The van der Waals surface area contributed by atoms with Gasteiger partial charge in [0.25, 0.3) is 0 Å². The van der Waals surface area contributed by atoms with Crippen LogP contribution in [-0.4, -0.2) is 31.2 Å². The monoisotopic (exact) mass is 294 g/mol. The number of rotatable bonds is 4. The third-order valence-corrected chi connectivity index (χ3v) is 6.30. The molecular weight excluding hydrogens is 264 g/mol. The Morgan fingerprint density at radius 1 is 1.29 bits per heavy atom. The highest BCUT2D eigenvalue weighted by Gasteiger charge is 2.59. The second-order valence-corrected chi connectivity index (χ2v) is 8.05. The number of carbonyl (C=O) groups is 1. The molecule has 3 N–H and O–H groups in total. The van der Waals surface area contributed by atoms with Crippen LogP contribution in [0.25, 0.3) is 0 Å². The molecule has 3 fully saturated rings. The second kappa shape index (κ2) is 5.54. The first kappa shape index (κ1) is 15.3. The van der Waals surface area contributed by atoms with Crippen LogP contribution in [0.1, 0.15) is 58.8 Å². The Morgan fingerprint density at radius 2 is 2.00 bits per heavy atom. The van der Waals surface area contributed by atoms with Crippen molar-refractivity contribution < 1.29 is 9.53 Å². The van der Waals surface area contributed by atoms with Gasteiger partial charge in [-0.2, -0.15) is 0 Å². The SMILES string of the molecule is CC1(C)C(NC(=O)CC2(CN)CCCCC2)C2CCOC21. The molecule has 120 valence electrons. The van der Waals surface area contributed by atoms with Crippen LogP contribution in [0, 0.1) is 16.7 Å². The number of carbonyl (C=O) groups excluding carboxylic acids is 1. The van der Waals surface area contributed by atoms with Gasteiger partial charge in [0.2, 0.25) is 5.91 Å². The van der Waals surface area contributed by atoms with Gasteiger partial charge in [0, 0.05) is 30.4 Å². The minimum Gasteiger partial charge on any atom is -0.377 e. The van der Waals surface area contributed by atoms with E-state index in [1.165, 1.54) is 19.3 Å². The summed E-state index contributed by atoms with van der Waals surface area (Å²) in [4.78, 5) is 12.5. The zero-order valence-electron chi connectivity index (χ0n) is 13.5. The van der Waals surface area contributed by atoms with Crippen molar-refractivity contribution in [2.24, 2.45) is 22.5 Å². The topological polar surface area (TPSA) is 64.4 Å². The van der Waals surface area contributed by atoms with E-state index in [1.54, 1.807) is 0 Å². The van der Waals surface area contributed by atoms with Gasteiger partial charge >= 0.3 is 0 Å². The molecule has 1 amide bonds. The van der Waals surface area contributed by atoms with Crippen LogP contribution in [0.5, 0.6) is 0 Å². The van der Waals surface area contributed by atoms with Crippen molar-refractivity contribution in [1.82, 2.24) is 5.32 Å². The number of nitrogens with one attached hydrogen (secondary N) is 1. The molecule has 3 atom stereocenters. The molecule has 4 nitrogen and oxygen atoms in total. The zero-order chi connectivity index (χ0) is 15.1. The van der Waals surface area contributed by atoms with Gasteiger partial charge in [-0.3, -0.25) is 4.79 Å². The molecule has 1 heterocycles. The van der Waals surface area contributed by atoms with Gasteiger partial charge in [0.1, 0.15) is 0 Å². The van der Waals surface area contributed by atoms with Crippen LogP contribution >= 0.6 is 0 Å². The third kappa shape index (κ3) is 2.61. The van der Waals surface area contributed by atoms with Crippen LogP contribution in [0.4, 0.5) is 0 Å². The maximum absolute atomic E-state index is 12.5. The van der Waals surface area contributed by atoms with Crippen molar-refractivity contribution in [3.8, 4) is 0 Å². The first-order valence-electron chi connectivity index (χ1n) is 8.60. The molecular formula is C17H30N2O2. The van der Waals surface area contributed by atoms with Crippen LogP contribution in [-0.2, 0) is 9.53 Å². The molecule has 1 aliphatic heterocycles.